The van der Waals surface area contributed by atoms with Crippen LogP contribution in [0.5, 0.6) is 0 Å². The molecule has 0 radical (unpaired) electrons. The SMILES string of the molecule is CCCCc1nc(Cl)c(C(=O)NS(=O)(=O)CC)n1Cc1ccc(C)c2ccccc12. The fourth-order valence-electron chi connectivity index (χ4n) is 3.46. The van der Waals surface area contributed by atoms with Crippen LogP contribution in [0.25, 0.3) is 10.8 Å². The highest BCUT2D eigenvalue weighted by Crippen LogP contribution is 2.26. The second-order valence-electron chi connectivity index (χ2n) is 7.28. The Morgan fingerprint density at radius 1 is 1.13 bits per heavy atom. The lowest BCUT2D eigenvalue weighted by Crippen LogP contribution is -2.33. The van der Waals surface area contributed by atoms with Crippen LogP contribution in [0.15, 0.2) is 36.4 Å². The fraction of sp³-hybridized carbons (Fsp3) is 0.364. The van der Waals surface area contributed by atoms with Crippen LogP contribution >= 0.6 is 11.6 Å². The number of carbonyl (C=O) groups is 1. The maximum Gasteiger partial charge on any atom is 0.284 e. The Morgan fingerprint density at radius 3 is 2.50 bits per heavy atom. The Labute approximate surface area is 182 Å². The second-order valence-corrected chi connectivity index (χ2v) is 9.65. The van der Waals surface area contributed by atoms with E-state index in [1.165, 1.54) is 6.92 Å². The number of benzene rings is 2. The van der Waals surface area contributed by atoms with E-state index in [4.69, 9.17) is 11.6 Å². The minimum atomic E-state index is -3.72. The predicted octanol–water partition coefficient (Wildman–Crippen LogP) is 4.47. The van der Waals surface area contributed by atoms with Gasteiger partial charge in [0.05, 0.1) is 12.3 Å². The van der Waals surface area contributed by atoms with E-state index in [2.05, 4.69) is 29.6 Å². The van der Waals surface area contributed by atoms with Crippen LogP contribution in [-0.2, 0) is 23.0 Å². The smallest absolute Gasteiger partial charge is 0.284 e. The van der Waals surface area contributed by atoms with Crippen LogP contribution in [0.2, 0.25) is 5.15 Å². The summed E-state index contributed by atoms with van der Waals surface area (Å²) in [5.74, 6) is -0.283. The number of aromatic nitrogens is 2. The van der Waals surface area contributed by atoms with Gasteiger partial charge in [-0.3, -0.25) is 4.79 Å². The van der Waals surface area contributed by atoms with E-state index < -0.39 is 15.9 Å². The molecule has 0 fully saturated rings. The van der Waals surface area contributed by atoms with Crippen LogP contribution in [0.4, 0.5) is 0 Å². The van der Waals surface area contributed by atoms with Crippen molar-refractivity contribution in [2.24, 2.45) is 0 Å². The number of nitrogens with zero attached hydrogens (tertiary/aromatic N) is 2. The number of imidazole rings is 1. The Morgan fingerprint density at radius 2 is 1.83 bits per heavy atom. The number of aryl methyl sites for hydroxylation is 2. The lowest BCUT2D eigenvalue weighted by Gasteiger charge is -2.15. The van der Waals surface area contributed by atoms with Crippen LogP contribution < -0.4 is 4.72 Å². The fourth-order valence-corrected chi connectivity index (χ4v) is 4.27. The standard InChI is InChI=1S/C22H26ClN3O3S/c1-4-6-11-19-24-21(23)20(22(27)25-30(28,29)5-2)26(19)14-16-13-12-15(3)17-9-7-8-10-18(16)17/h7-10,12-13H,4-6,11,14H2,1-3H3,(H,25,27). The highest BCUT2D eigenvalue weighted by Gasteiger charge is 2.25. The molecule has 3 rings (SSSR count). The molecule has 1 amide bonds. The van der Waals surface area contributed by atoms with Gasteiger partial charge in [0.1, 0.15) is 11.5 Å². The zero-order chi connectivity index (χ0) is 21.9. The monoisotopic (exact) mass is 447 g/mol. The lowest BCUT2D eigenvalue weighted by atomic mass is 10.00. The largest absolute Gasteiger partial charge is 0.318 e. The zero-order valence-corrected chi connectivity index (χ0v) is 19.0. The van der Waals surface area contributed by atoms with Crippen molar-refractivity contribution < 1.29 is 13.2 Å². The van der Waals surface area contributed by atoms with Crippen molar-refractivity contribution in [3.8, 4) is 0 Å². The molecule has 0 aliphatic heterocycles. The average Bonchev–Trinajstić information content (AvgIpc) is 3.03. The van der Waals surface area contributed by atoms with Crippen molar-refractivity contribution in [2.45, 2.75) is 46.6 Å². The number of nitrogens with one attached hydrogen (secondary N) is 1. The number of fused-ring (bicyclic) bond motifs is 1. The van der Waals surface area contributed by atoms with Crippen LogP contribution in [0.1, 0.15) is 54.1 Å². The summed E-state index contributed by atoms with van der Waals surface area (Å²) in [4.78, 5) is 17.2. The molecule has 1 N–H and O–H groups in total. The molecule has 0 saturated carbocycles. The minimum absolute atomic E-state index is 0.0151. The molecule has 2 aromatic carbocycles. The molecule has 30 heavy (non-hydrogen) atoms. The summed E-state index contributed by atoms with van der Waals surface area (Å²) in [6, 6.07) is 12.2. The van der Waals surface area contributed by atoms with Gasteiger partial charge in [-0.2, -0.15) is 0 Å². The van der Waals surface area contributed by atoms with Gasteiger partial charge >= 0.3 is 0 Å². The van der Waals surface area contributed by atoms with Crippen LogP contribution in [-0.4, -0.2) is 29.6 Å². The molecule has 0 aliphatic rings. The first kappa shape index (κ1) is 22.3. The molecule has 0 atom stereocenters. The van der Waals surface area contributed by atoms with Gasteiger partial charge in [-0.25, -0.2) is 18.1 Å². The van der Waals surface area contributed by atoms with Gasteiger partial charge in [0, 0.05) is 6.42 Å². The van der Waals surface area contributed by atoms with E-state index in [-0.39, 0.29) is 16.6 Å². The van der Waals surface area contributed by atoms with Crippen LogP contribution in [0, 0.1) is 6.92 Å². The third-order valence-electron chi connectivity index (χ3n) is 5.16. The molecule has 6 nitrogen and oxygen atoms in total. The number of halogens is 1. The van der Waals surface area contributed by atoms with Gasteiger partial charge in [0.15, 0.2) is 5.15 Å². The number of unbranched alkanes of at least 4 members (excludes halogenated alkanes) is 1. The number of hydrogen-bond donors (Lipinski definition) is 1. The molecule has 0 spiro atoms. The summed E-state index contributed by atoms with van der Waals surface area (Å²) in [6.07, 6.45) is 2.49. The molecular weight excluding hydrogens is 422 g/mol. The Bertz CT molecular complexity index is 1190. The third kappa shape index (κ3) is 4.68. The minimum Gasteiger partial charge on any atom is -0.318 e. The first-order chi connectivity index (χ1) is 14.3. The zero-order valence-electron chi connectivity index (χ0n) is 17.4. The van der Waals surface area contributed by atoms with Crippen molar-refractivity contribution in [3.63, 3.8) is 0 Å². The van der Waals surface area contributed by atoms with Gasteiger partial charge < -0.3 is 4.57 Å². The van der Waals surface area contributed by atoms with Crippen molar-refractivity contribution in [1.82, 2.24) is 14.3 Å². The highest BCUT2D eigenvalue weighted by atomic mass is 35.5. The van der Waals surface area contributed by atoms with Crippen molar-refractivity contribution in [2.75, 3.05) is 5.75 Å². The Balaban J connectivity index is 2.11. The number of rotatable bonds is 8. The summed E-state index contributed by atoms with van der Waals surface area (Å²) >= 11 is 6.32. The van der Waals surface area contributed by atoms with Gasteiger partial charge in [-0.1, -0.05) is 61.3 Å². The van der Waals surface area contributed by atoms with Gasteiger partial charge in [0.2, 0.25) is 10.0 Å². The summed E-state index contributed by atoms with van der Waals surface area (Å²) in [5, 5.41) is 2.23. The predicted molar refractivity (Wildman–Crippen MR) is 121 cm³/mol. The molecule has 0 bridgehead atoms. The highest BCUT2D eigenvalue weighted by molar-refractivity contribution is 7.90. The third-order valence-corrected chi connectivity index (χ3v) is 6.68. The molecule has 1 aromatic heterocycles. The number of amides is 1. The van der Waals surface area contributed by atoms with E-state index in [1.54, 1.807) is 4.57 Å². The maximum absolute atomic E-state index is 12.8. The number of carbonyl (C=O) groups excluding carboxylic acids is 1. The van der Waals surface area contributed by atoms with E-state index >= 15 is 0 Å². The van der Waals surface area contributed by atoms with Crippen molar-refractivity contribution in [3.05, 3.63) is 64.2 Å². The summed E-state index contributed by atoms with van der Waals surface area (Å²) < 4.78 is 27.7. The van der Waals surface area contributed by atoms with E-state index in [1.807, 2.05) is 30.3 Å². The second kappa shape index (κ2) is 9.18. The Kier molecular flexibility index (Phi) is 6.83. The first-order valence-corrected chi connectivity index (χ1v) is 12.1. The topological polar surface area (TPSA) is 81.1 Å². The molecule has 3 aromatic rings. The van der Waals surface area contributed by atoms with Gasteiger partial charge in [0.25, 0.3) is 5.91 Å². The molecular formula is C22H26ClN3O3S. The molecule has 0 unspecified atom stereocenters. The lowest BCUT2D eigenvalue weighted by molar-refractivity contribution is 0.0972. The molecule has 1 heterocycles. The average molecular weight is 448 g/mol. The molecule has 8 heteroatoms. The van der Waals surface area contributed by atoms with Gasteiger partial charge in [-0.15, -0.1) is 0 Å². The Hall–Kier alpha value is -2.38. The van der Waals surface area contributed by atoms with Crippen molar-refractivity contribution >= 4 is 38.3 Å². The molecule has 160 valence electrons. The number of sulfonamides is 1. The first-order valence-electron chi connectivity index (χ1n) is 10.0. The van der Waals surface area contributed by atoms with Gasteiger partial charge in [-0.05, 0) is 42.2 Å². The quantitative estimate of drug-likeness (QED) is 0.552. The van der Waals surface area contributed by atoms with Crippen molar-refractivity contribution in [1.29, 1.82) is 0 Å². The normalized spacial score (nSPS) is 11.7. The maximum atomic E-state index is 12.8. The van der Waals surface area contributed by atoms with E-state index in [0.29, 0.717) is 18.8 Å². The molecule has 0 aliphatic carbocycles. The summed E-state index contributed by atoms with van der Waals surface area (Å²) in [7, 11) is -3.72. The van der Waals surface area contributed by atoms with E-state index in [0.717, 1.165) is 34.7 Å². The van der Waals surface area contributed by atoms with Crippen LogP contribution in [0.3, 0.4) is 0 Å². The summed E-state index contributed by atoms with van der Waals surface area (Å²) in [6.45, 7) is 5.97. The molecule has 0 saturated heterocycles. The number of hydrogen-bond acceptors (Lipinski definition) is 4. The van der Waals surface area contributed by atoms with E-state index in [9.17, 15) is 13.2 Å². The summed E-state index contributed by atoms with van der Waals surface area (Å²) in [5.41, 5.74) is 2.25.